The van der Waals surface area contributed by atoms with Crippen LogP contribution >= 0.6 is 0 Å². The van der Waals surface area contributed by atoms with Gasteiger partial charge < -0.3 is 15.4 Å². The van der Waals surface area contributed by atoms with Gasteiger partial charge in [-0.2, -0.15) is 0 Å². The number of ether oxygens (including phenoxy) is 1. The Morgan fingerprint density at radius 2 is 2.05 bits per heavy atom. The molecule has 0 aromatic heterocycles. The zero-order valence-electron chi connectivity index (χ0n) is 11.6. The zero-order valence-corrected chi connectivity index (χ0v) is 11.6. The topological polar surface area (TPSA) is 67.4 Å². The summed E-state index contributed by atoms with van der Waals surface area (Å²) in [5, 5.41) is 5.65. The molecule has 1 aliphatic rings. The Hall–Kier alpha value is -1.88. The van der Waals surface area contributed by atoms with Crippen LogP contribution in [-0.4, -0.2) is 32.1 Å². The molecular weight excluding hydrogens is 256 g/mol. The number of carbonyl (C=O) groups excluding carboxylic acids is 2. The minimum absolute atomic E-state index is 0.00429. The summed E-state index contributed by atoms with van der Waals surface area (Å²) in [7, 11) is 1.63. The highest BCUT2D eigenvalue weighted by molar-refractivity contribution is 6.04. The number of rotatable bonds is 7. The first-order chi connectivity index (χ1) is 9.72. The zero-order chi connectivity index (χ0) is 14.4. The van der Waals surface area contributed by atoms with Crippen molar-refractivity contribution in [2.75, 3.05) is 25.6 Å². The second kappa shape index (κ2) is 7.05. The van der Waals surface area contributed by atoms with Gasteiger partial charge >= 0.3 is 0 Å². The number of hydrogen-bond acceptors (Lipinski definition) is 3. The van der Waals surface area contributed by atoms with E-state index in [4.69, 9.17) is 4.74 Å². The van der Waals surface area contributed by atoms with Gasteiger partial charge in [0.25, 0.3) is 5.91 Å². The summed E-state index contributed by atoms with van der Waals surface area (Å²) in [5.74, 6) is -0.0507. The second-order valence-electron chi connectivity index (χ2n) is 4.91. The Labute approximate surface area is 118 Å². The van der Waals surface area contributed by atoms with Crippen molar-refractivity contribution in [2.45, 2.75) is 19.3 Å². The monoisotopic (exact) mass is 276 g/mol. The molecular formula is C15H20N2O3. The van der Waals surface area contributed by atoms with Crippen LogP contribution in [0.5, 0.6) is 0 Å². The number of hydrogen-bond donors (Lipinski definition) is 2. The molecule has 0 atom stereocenters. The molecule has 1 aliphatic carbocycles. The standard InChI is InChI=1S/C15H20N2O3/c1-20-10-4-9-16-15(19)12-5-2-3-6-13(12)17-14(18)11-7-8-11/h2-3,5-6,11H,4,7-10H2,1H3,(H,16,19)(H,17,18). The van der Waals surface area contributed by atoms with E-state index < -0.39 is 0 Å². The molecule has 0 saturated heterocycles. The molecule has 0 bridgehead atoms. The van der Waals surface area contributed by atoms with Crippen LogP contribution in [0.3, 0.4) is 0 Å². The van der Waals surface area contributed by atoms with Gasteiger partial charge in [0.15, 0.2) is 0 Å². The lowest BCUT2D eigenvalue weighted by molar-refractivity contribution is -0.117. The van der Waals surface area contributed by atoms with Crippen molar-refractivity contribution in [1.29, 1.82) is 0 Å². The number of anilines is 1. The van der Waals surface area contributed by atoms with Crippen molar-refractivity contribution >= 4 is 17.5 Å². The van der Waals surface area contributed by atoms with Crippen LogP contribution in [0, 0.1) is 5.92 Å². The van der Waals surface area contributed by atoms with Crippen molar-refractivity contribution in [1.82, 2.24) is 5.32 Å². The molecule has 2 N–H and O–H groups in total. The quantitative estimate of drug-likeness (QED) is 0.746. The maximum atomic E-state index is 12.1. The highest BCUT2D eigenvalue weighted by Crippen LogP contribution is 2.30. The molecule has 1 aromatic rings. The van der Waals surface area contributed by atoms with Crippen LogP contribution in [0.25, 0.3) is 0 Å². The van der Waals surface area contributed by atoms with Crippen molar-refractivity contribution < 1.29 is 14.3 Å². The summed E-state index contributed by atoms with van der Waals surface area (Å²) in [6.45, 7) is 1.16. The molecule has 1 fully saturated rings. The fraction of sp³-hybridized carbons (Fsp3) is 0.467. The molecule has 2 amide bonds. The largest absolute Gasteiger partial charge is 0.385 e. The summed E-state index contributed by atoms with van der Waals surface area (Å²) >= 11 is 0. The van der Waals surface area contributed by atoms with Crippen LogP contribution in [-0.2, 0) is 9.53 Å². The Kier molecular flexibility index (Phi) is 5.12. The van der Waals surface area contributed by atoms with Gasteiger partial charge in [0.1, 0.15) is 0 Å². The van der Waals surface area contributed by atoms with Gasteiger partial charge in [0, 0.05) is 26.2 Å². The summed E-state index contributed by atoms with van der Waals surface area (Å²) in [4.78, 5) is 23.9. The van der Waals surface area contributed by atoms with Crippen molar-refractivity contribution in [3.8, 4) is 0 Å². The Morgan fingerprint density at radius 1 is 1.30 bits per heavy atom. The Morgan fingerprint density at radius 3 is 2.75 bits per heavy atom. The smallest absolute Gasteiger partial charge is 0.253 e. The number of para-hydroxylation sites is 1. The minimum atomic E-state index is -0.173. The molecule has 0 spiro atoms. The highest BCUT2D eigenvalue weighted by Gasteiger charge is 2.30. The molecule has 1 aromatic carbocycles. The Balaban J connectivity index is 1.95. The van der Waals surface area contributed by atoms with E-state index in [-0.39, 0.29) is 17.7 Å². The predicted octanol–water partition coefficient (Wildman–Crippen LogP) is 1.80. The number of amides is 2. The fourth-order valence-electron chi connectivity index (χ4n) is 1.88. The Bertz CT molecular complexity index is 484. The molecule has 20 heavy (non-hydrogen) atoms. The lowest BCUT2D eigenvalue weighted by Crippen LogP contribution is -2.27. The van der Waals surface area contributed by atoms with Gasteiger partial charge in [-0.15, -0.1) is 0 Å². The first kappa shape index (κ1) is 14.5. The van der Waals surface area contributed by atoms with Crippen LogP contribution < -0.4 is 10.6 Å². The normalized spacial score (nSPS) is 13.8. The summed E-state index contributed by atoms with van der Waals surface area (Å²) in [5.41, 5.74) is 1.08. The molecule has 0 heterocycles. The predicted molar refractivity (Wildman–Crippen MR) is 76.6 cm³/mol. The van der Waals surface area contributed by atoms with E-state index in [1.807, 2.05) is 6.07 Å². The maximum absolute atomic E-state index is 12.1. The lowest BCUT2D eigenvalue weighted by atomic mass is 10.1. The van der Waals surface area contributed by atoms with E-state index in [1.165, 1.54) is 0 Å². The molecule has 1 saturated carbocycles. The molecule has 0 unspecified atom stereocenters. The molecule has 0 aliphatic heterocycles. The van der Waals surface area contributed by atoms with Crippen molar-refractivity contribution in [3.05, 3.63) is 29.8 Å². The van der Waals surface area contributed by atoms with Crippen LogP contribution in [0.15, 0.2) is 24.3 Å². The third kappa shape index (κ3) is 4.06. The first-order valence-electron chi connectivity index (χ1n) is 6.89. The fourth-order valence-corrected chi connectivity index (χ4v) is 1.88. The summed E-state index contributed by atoms with van der Waals surface area (Å²) < 4.78 is 4.93. The molecule has 5 heteroatoms. The number of benzene rings is 1. The van der Waals surface area contributed by atoms with E-state index in [9.17, 15) is 9.59 Å². The van der Waals surface area contributed by atoms with E-state index in [0.29, 0.717) is 24.4 Å². The summed E-state index contributed by atoms with van der Waals surface area (Å²) in [6.07, 6.45) is 2.65. The highest BCUT2D eigenvalue weighted by atomic mass is 16.5. The first-order valence-corrected chi connectivity index (χ1v) is 6.89. The van der Waals surface area contributed by atoms with Gasteiger partial charge in [0.05, 0.1) is 11.3 Å². The van der Waals surface area contributed by atoms with Gasteiger partial charge in [-0.25, -0.2) is 0 Å². The van der Waals surface area contributed by atoms with E-state index in [2.05, 4.69) is 10.6 Å². The van der Waals surface area contributed by atoms with E-state index in [1.54, 1.807) is 25.3 Å². The van der Waals surface area contributed by atoms with Crippen molar-refractivity contribution in [2.24, 2.45) is 5.92 Å². The van der Waals surface area contributed by atoms with Gasteiger partial charge in [0.2, 0.25) is 5.91 Å². The number of methoxy groups -OCH3 is 1. The van der Waals surface area contributed by atoms with E-state index >= 15 is 0 Å². The van der Waals surface area contributed by atoms with E-state index in [0.717, 1.165) is 19.3 Å². The SMILES string of the molecule is COCCCNC(=O)c1ccccc1NC(=O)C1CC1. The van der Waals surface area contributed by atoms with Crippen LogP contribution in [0.2, 0.25) is 0 Å². The molecule has 108 valence electrons. The second-order valence-corrected chi connectivity index (χ2v) is 4.91. The van der Waals surface area contributed by atoms with Gasteiger partial charge in [-0.1, -0.05) is 12.1 Å². The summed E-state index contributed by atoms with van der Waals surface area (Å²) in [6, 6.07) is 7.07. The number of carbonyl (C=O) groups is 2. The molecule has 2 rings (SSSR count). The van der Waals surface area contributed by atoms with Crippen LogP contribution in [0.4, 0.5) is 5.69 Å². The average molecular weight is 276 g/mol. The van der Waals surface area contributed by atoms with Gasteiger partial charge in [-0.3, -0.25) is 9.59 Å². The third-order valence-corrected chi connectivity index (χ3v) is 3.19. The number of nitrogens with one attached hydrogen (secondary N) is 2. The van der Waals surface area contributed by atoms with Crippen molar-refractivity contribution in [3.63, 3.8) is 0 Å². The molecule has 5 nitrogen and oxygen atoms in total. The third-order valence-electron chi connectivity index (χ3n) is 3.19. The average Bonchev–Trinajstić information content (AvgIpc) is 3.28. The van der Waals surface area contributed by atoms with Crippen LogP contribution in [0.1, 0.15) is 29.6 Å². The maximum Gasteiger partial charge on any atom is 0.253 e. The minimum Gasteiger partial charge on any atom is -0.385 e. The molecule has 0 radical (unpaired) electrons. The lowest BCUT2D eigenvalue weighted by Gasteiger charge is -2.11. The van der Waals surface area contributed by atoms with Gasteiger partial charge in [-0.05, 0) is 31.4 Å².